The normalized spacial score (nSPS) is 30.1. The van der Waals surface area contributed by atoms with Crippen LogP contribution in [0.3, 0.4) is 0 Å². The Morgan fingerprint density at radius 2 is 1.78 bits per heavy atom. The van der Waals surface area contributed by atoms with Gasteiger partial charge in [0, 0.05) is 40.8 Å². The average molecular weight is 566 g/mol. The Hall–Kier alpha value is -3.00. The molecule has 1 saturated heterocycles. The fourth-order valence-corrected chi connectivity index (χ4v) is 7.67. The highest BCUT2D eigenvalue weighted by atomic mass is 79.9. The first-order chi connectivity index (χ1) is 17.8. The van der Waals surface area contributed by atoms with E-state index in [-0.39, 0.29) is 52.0 Å². The van der Waals surface area contributed by atoms with Gasteiger partial charge in [0.25, 0.3) is 0 Å². The summed E-state index contributed by atoms with van der Waals surface area (Å²) in [6.45, 7) is 0. The number of hydrogen-bond acceptors (Lipinski definition) is 6. The van der Waals surface area contributed by atoms with Gasteiger partial charge in [-0.05, 0) is 53.6 Å². The van der Waals surface area contributed by atoms with E-state index in [1.807, 2.05) is 6.08 Å². The van der Waals surface area contributed by atoms with Crippen molar-refractivity contribution in [3.8, 4) is 11.5 Å². The molecule has 4 aliphatic carbocycles. The number of carbonyl (C=O) groups excluding carboxylic acids is 4. The maximum atomic E-state index is 13.9. The maximum Gasteiger partial charge on any atom is 0.233 e. The Kier molecular flexibility index (Phi) is 5.97. The van der Waals surface area contributed by atoms with Crippen LogP contribution in [0.2, 0.25) is 0 Å². The van der Waals surface area contributed by atoms with Crippen molar-refractivity contribution in [2.24, 2.45) is 17.8 Å². The fraction of sp³-hybridized carbons (Fsp3) is 0.448. The number of carbonyl (C=O) groups is 4. The minimum Gasteiger partial charge on any atom is -0.508 e. The second-order valence-electron chi connectivity index (χ2n) is 10.7. The number of phenolic OH excluding ortho intramolecular Hbond substituents is 1. The van der Waals surface area contributed by atoms with Crippen LogP contribution < -0.4 is 4.74 Å². The number of benzene rings is 1. The van der Waals surface area contributed by atoms with Gasteiger partial charge in [-0.1, -0.05) is 37.0 Å². The van der Waals surface area contributed by atoms with Crippen LogP contribution in [0.1, 0.15) is 56.4 Å². The Balaban J connectivity index is 1.48. The van der Waals surface area contributed by atoms with Crippen molar-refractivity contribution >= 4 is 39.3 Å². The van der Waals surface area contributed by atoms with Crippen LogP contribution in [0.4, 0.5) is 0 Å². The van der Waals surface area contributed by atoms with Gasteiger partial charge in [0.2, 0.25) is 11.8 Å². The number of ether oxygens (including phenoxy) is 1. The van der Waals surface area contributed by atoms with E-state index in [9.17, 15) is 24.3 Å². The standard InChI is InChI=1S/C29H28BrNO6/c1-37-23-11-15(32)7-8-17(23)24-16-9-10-18-25(29(36)31(28(18)35)14-5-3-2-4-6-14)19(16)12-20-26(24)22(33)13-21(30)27(20)34/h7-9,11,13-14,18-19,24-25,32H,2-6,10,12H2,1H3. The molecule has 0 aromatic heterocycles. The highest BCUT2D eigenvalue weighted by Gasteiger charge is 2.57. The number of ketones is 2. The van der Waals surface area contributed by atoms with Gasteiger partial charge < -0.3 is 9.84 Å². The molecule has 6 rings (SSSR count). The molecule has 1 aliphatic heterocycles. The van der Waals surface area contributed by atoms with Crippen LogP contribution in [-0.4, -0.2) is 46.5 Å². The van der Waals surface area contributed by atoms with Crippen molar-refractivity contribution in [1.29, 1.82) is 0 Å². The number of aromatic hydroxyl groups is 1. The van der Waals surface area contributed by atoms with E-state index in [4.69, 9.17) is 4.74 Å². The molecule has 1 saturated carbocycles. The molecule has 1 aromatic rings. The molecule has 0 radical (unpaired) electrons. The highest BCUT2D eigenvalue weighted by Crippen LogP contribution is 2.56. The Morgan fingerprint density at radius 3 is 2.51 bits per heavy atom. The predicted octanol–water partition coefficient (Wildman–Crippen LogP) is 4.50. The van der Waals surface area contributed by atoms with Crippen LogP contribution in [-0.2, 0) is 19.2 Å². The van der Waals surface area contributed by atoms with Gasteiger partial charge in [0.1, 0.15) is 11.5 Å². The first kappa shape index (κ1) is 24.3. The molecule has 1 heterocycles. The van der Waals surface area contributed by atoms with Crippen LogP contribution in [0.5, 0.6) is 11.5 Å². The number of halogens is 1. The third-order valence-electron chi connectivity index (χ3n) is 8.83. The molecule has 2 fully saturated rings. The van der Waals surface area contributed by atoms with Gasteiger partial charge in [-0.2, -0.15) is 0 Å². The number of rotatable bonds is 3. The molecular weight excluding hydrogens is 538 g/mol. The summed E-state index contributed by atoms with van der Waals surface area (Å²) >= 11 is 3.25. The zero-order valence-electron chi connectivity index (χ0n) is 20.5. The molecule has 192 valence electrons. The highest BCUT2D eigenvalue weighted by molar-refractivity contribution is 9.12. The molecule has 5 aliphatic rings. The van der Waals surface area contributed by atoms with Crippen LogP contribution in [0.25, 0.3) is 0 Å². The monoisotopic (exact) mass is 565 g/mol. The predicted molar refractivity (Wildman–Crippen MR) is 138 cm³/mol. The third-order valence-corrected chi connectivity index (χ3v) is 9.42. The summed E-state index contributed by atoms with van der Waals surface area (Å²) in [7, 11) is 1.49. The van der Waals surface area contributed by atoms with E-state index in [0.717, 1.165) is 37.7 Å². The number of methoxy groups -OCH3 is 1. The quantitative estimate of drug-likeness (QED) is 0.329. The minimum absolute atomic E-state index is 0.0215. The first-order valence-corrected chi connectivity index (χ1v) is 13.7. The molecule has 1 aromatic carbocycles. The van der Waals surface area contributed by atoms with E-state index in [2.05, 4.69) is 15.9 Å². The molecule has 4 unspecified atom stereocenters. The van der Waals surface area contributed by atoms with Gasteiger partial charge in [0.15, 0.2) is 11.6 Å². The van der Waals surface area contributed by atoms with E-state index in [0.29, 0.717) is 28.9 Å². The Morgan fingerprint density at radius 1 is 1.03 bits per heavy atom. The SMILES string of the molecule is COc1cc(O)ccc1C1C2=CCC3C(=O)N(C4CCCCC4)C(=O)C3C2CC2=C1C(=O)C=C(Br)C2=O. The summed E-state index contributed by atoms with van der Waals surface area (Å²) in [5, 5.41) is 10.1. The van der Waals surface area contributed by atoms with Crippen molar-refractivity contribution < 1.29 is 29.0 Å². The molecule has 8 heteroatoms. The summed E-state index contributed by atoms with van der Waals surface area (Å²) in [4.78, 5) is 55.7. The topological polar surface area (TPSA) is 101 Å². The zero-order valence-corrected chi connectivity index (χ0v) is 22.1. The maximum absolute atomic E-state index is 13.9. The number of allylic oxidation sites excluding steroid dienone is 6. The number of Topliss-reactive ketones (excluding diaryl/α,β-unsaturated/α-hetero) is 1. The first-order valence-electron chi connectivity index (χ1n) is 12.9. The van der Waals surface area contributed by atoms with E-state index >= 15 is 0 Å². The van der Waals surface area contributed by atoms with Crippen molar-refractivity contribution in [2.75, 3.05) is 7.11 Å². The lowest BCUT2D eigenvalue weighted by Crippen LogP contribution is -2.43. The average Bonchev–Trinajstić information content (AvgIpc) is 3.16. The van der Waals surface area contributed by atoms with Crippen molar-refractivity contribution in [1.82, 2.24) is 4.90 Å². The number of fused-ring (bicyclic) bond motifs is 3. The Labute approximate surface area is 223 Å². The lowest BCUT2D eigenvalue weighted by Gasteiger charge is -2.42. The summed E-state index contributed by atoms with van der Waals surface area (Å²) in [5.74, 6) is -2.32. The molecule has 1 N–H and O–H groups in total. The van der Waals surface area contributed by atoms with Crippen molar-refractivity contribution in [2.45, 2.75) is 56.9 Å². The van der Waals surface area contributed by atoms with Crippen molar-refractivity contribution in [3.63, 3.8) is 0 Å². The smallest absolute Gasteiger partial charge is 0.233 e. The number of likely N-dealkylation sites (tertiary alicyclic amines) is 1. The van der Waals surface area contributed by atoms with Gasteiger partial charge in [-0.3, -0.25) is 24.1 Å². The summed E-state index contributed by atoms with van der Waals surface area (Å²) in [6.07, 6.45) is 8.81. The lowest BCUT2D eigenvalue weighted by molar-refractivity contribution is -0.143. The van der Waals surface area contributed by atoms with E-state index < -0.39 is 17.8 Å². The summed E-state index contributed by atoms with van der Waals surface area (Å²) in [5.41, 5.74) is 2.30. The van der Waals surface area contributed by atoms with Crippen LogP contribution >= 0.6 is 15.9 Å². The molecular formula is C29H28BrNO6. The van der Waals surface area contributed by atoms with Crippen LogP contribution in [0, 0.1) is 17.8 Å². The summed E-state index contributed by atoms with van der Waals surface area (Å²) in [6, 6.07) is 4.68. The van der Waals surface area contributed by atoms with Gasteiger partial charge >= 0.3 is 0 Å². The molecule has 2 amide bonds. The number of amides is 2. The minimum atomic E-state index is -0.606. The number of imide groups is 1. The molecule has 4 atom stereocenters. The van der Waals surface area contributed by atoms with Gasteiger partial charge in [0.05, 0.1) is 23.4 Å². The second kappa shape index (κ2) is 9.08. The fourth-order valence-electron chi connectivity index (χ4n) is 7.22. The van der Waals surface area contributed by atoms with Gasteiger partial charge in [-0.15, -0.1) is 0 Å². The number of hydrogen-bond donors (Lipinski definition) is 1. The lowest BCUT2D eigenvalue weighted by atomic mass is 9.59. The van der Waals surface area contributed by atoms with E-state index in [1.165, 1.54) is 30.2 Å². The molecule has 7 nitrogen and oxygen atoms in total. The second-order valence-corrected chi connectivity index (χ2v) is 11.5. The van der Waals surface area contributed by atoms with E-state index in [1.54, 1.807) is 6.07 Å². The zero-order chi connectivity index (χ0) is 26.0. The number of nitrogens with zero attached hydrogens (tertiary/aromatic N) is 1. The largest absolute Gasteiger partial charge is 0.508 e. The molecule has 0 spiro atoms. The third kappa shape index (κ3) is 3.67. The summed E-state index contributed by atoms with van der Waals surface area (Å²) < 4.78 is 5.78. The molecule has 37 heavy (non-hydrogen) atoms. The Bertz CT molecular complexity index is 1330. The van der Waals surface area contributed by atoms with Gasteiger partial charge in [-0.25, -0.2) is 0 Å². The van der Waals surface area contributed by atoms with Crippen molar-refractivity contribution in [3.05, 3.63) is 57.1 Å². The number of phenols is 1. The molecule has 0 bridgehead atoms. The van der Waals surface area contributed by atoms with Crippen LogP contribution in [0.15, 0.2) is 51.6 Å².